The van der Waals surface area contributed by atoms with E-state index < -0.39 is 0 Å². The molecule has 0 aliphatic carbocycles. The van der Waals surface area contributed by atoms with Gasteiger partial charge in [0.15, 0.2) is 0 Å². The zero-order valence-corrected chi connectivity index (χ0v) is 17.2. The number of benzene rings is 1. The molecule has 29 heavy (non-hydrogen) atoms. The fraction of sp³-hybridized carbons (Fsp3) is 0.409. The van der Waals surface area contributed by atoms with Crippen LogP contribution in [-0.4, -0.2) is 39.6 Å². The number of rotatable bonds is 3. The average molecular weight is 410 g/mol. The van der Waals surface area contributed by atoms with Crippen molar-refractivity contribution in [1.82, 2.24) is 14.5 Å². The fourth-order valence-corrected chi connectivity index (χ4v) is 5.51. The van der Waals surface area contributed by atoms with Gasteiger partial charge in [-0.3, -0.25) is 14.2 Å². The van der Waals surface area contributed by atoms with Gasteiger partial charge in [0.1, 0.15) is 4.83 Å². The lowest BCUT2D eigenvalue weighted by atomic mass is 10.0. The number of hydrogen-bond acceptors (Lipinski definition) is 5. The molecule has 2 aromatic heterocycles. The lowest BCUT2D eigenvalue weighted by molar-refractivity contribution is 0.0736. The molecule has 2 aliphatic rings. The highest BCUT2D eigenvalue weighted by molar-refractivity contribution is 7.18. The third-order valence-electron chi connectivity index (χ3n) is 5.91. The Balaban J connectivity index is 1.45. The van der Waals surface area contributed by atoms with Crippen LogP contribution in [0.1, 0.15) is 39.2 Å². The molecule has 0 unspecified atom stereocenters. The van der Waals surface area contributed by atoms with E-state index in [4.69, 9.17) is 4.74 Å². The second kappa shape index (κ2) is 7.39. The minimum Gasteiger partial charge on any atom is -0.376 e. The van der Waals surface area contributed by atoms with Crippen LogP contribution >= 0.6 is 11.3 Å². The number of carbonyl (C=O) groups is 1. The Hall–Kier alpha value is -2.51. The van der Waals surface area contributed by atoms with Crippen LogP contribution in [0.2, 0.25) is 0 Å². The SMILES string of the molecule is Cc1ccccc1C(=O)N1CCc2c(sc3ncn(C[C@H]4CCCO4)c(=O)c23)C1. The van der Waals surface area contributed by atoms with Gasteiger partial charge in [-0.1, -0.05) is 18.2 Å². The van der Waals surface area contributed by atoms with Gasteiger partial charge in [-0.05, 0) is 43.4 Å². The quantitative estimate of drug-likeness (QED) is 0.667. The number of hydrogen-bond donors (Lipinski definition) is 0. The summed E-state index contributed by atoms with van der Waals surface area (Å²) in [5.74, 6) is 0.0509. The first kappa shape index (κ1) is 18.5. The summed E-state index contributed by atoms with van der Waals surface area (Å²) >= 11 is 1.54. The zero-order valence-electron chi connectivity index (χ0n) is 16.4. The number of thiophene rings is 1. The molecule has 1 amide bonds. The van der Waals surface area contributed by atoms with Gasteiger partial charge in [0.2, 0.25) is 0 Å². The first-order chi connectivity index (χ1) is 14.1. The Morgan fingerprint density at radius 1 is 1.34 bits per heavy atom. The molecule has 0 spiro atoms. The van der Waals surface area contributed by atoms with Gasteiger partial charge in [0.25, 0.3) is 11.5 Å². The zero-order chi connectivity index (χ0) is 20.0. The molecule has 150 valence electrons. The second-order valence-electron chi connectivity index (χ2n) is 7.81. The van der Waals surface area contributed by atoms with Gasteiger partial charge < -0.3 is 9.64 Å². The van der Waals surface area contributed by atoms with Crippen molar-refractivity contribution in [2.24, 2.45) is 0 Å². The van der Waals surface area contributed by atoms with Crippen LogP contribution in [0.15, 0.2) is 35.4 Å². The fourth-order valence-electron chi connectivity index (χ4n) is 4.31. The van der Waals surface area contributed by atoms with Crippen molar-refractivity contribution in [3.05, 3.63) is 62.5 Å². The van der Waals surface area contributed by atoms with Crippen molar-refractivity contribution in [1.29, 1.82) is 0 Å². The molecular weight excluding hydrogens is 386 g/mol. The van der Waals surface area contributed by atoms with Gasteiger partial charge in [-0.2, -0.15) is 0 Å². The summed E-state index contributed by atoms with van der Waals surface area (Å²) in [6, 6.07) is 7.68. The third-order valence-corrected chi connectivity index (χ3v) is 7.04. The van der Waals surface area contributed by atoms with Crippen molar-refractivity contribution in [3.63, 3.8) is 0 Å². The molecule has 3 aromatic rings. The summed E-state index contributed by atoms with van der Waals surface area (Å²) in [6.45, 7) is 4.45. The summed E-state index contributed by atoms with van der Waals surface area (Å²) in [4.78, 5) is 34.4. The standard InChI is InChI=1S/C22H23N3O3S/c1-14-5-2-3-7-16(14)21(26)24-9-8-17-18(12-24)29-20-19(17)22(27)25(13-23-20)11-15-6-4-10-28-15/h2-3,5,7,13,15H,4,6,8-12H2,1H3/t15-/m1/s1. The van der Waals surface area contributed by atoms with E-state index in [0.717, 1.165) is 51.2 Å². The van der Waals surface area contributed by atoms with Crippen LogP contribution in [0.25, 0.3) is 10.2 Å². The molecule has 6 nitrogen and oxygen atoms in total. The lowest BCUT2D eigenvalue weighted by Gasteiger charge is -2.27. The molecule has 0 N–H and O–H groups in total. The van der Waals surface area contributed by atoms with E-state index in [1.54, 1.807) is 10.9 Å². The molecule has 1 fully saturated rings. The van der Waals surface area contributed by atoms with Gasteiger partial charge in [0.05, 0.1) is 30.9 Å². The lowest BCUT2D eigenvalue weighted by Crippen LogP contribution is -2.36. The number of aryl methyl sites for hydroxylation is 1. The van der Waals surface area contributed by atoms with Crippen LogP contribution in [-0.2, 0) is 24.2 Å². The first-order valence-corrected chi connectivity index (χ1v) is 10.9. The Labute approximate surface area is 172 Å². The average Bonchev–Trinajstić information content (AvgIpc) is 3.37. The van der Waals surface area contributed by atoms with Gasteiger partial charge in [0, 0.05) is 23.6 Å². The first-order valence-electron chi connectivity index (χ1n) is 10.1. The molecule has 1 atom stereocenters. The van der Waals surface area contributed by atoms with E-state index in [1.165, 1.54) is 11.3 Å². The summed E-state index contributed by atoms with van der Waals surface area (Å²) in [5.41, 5.74) is 2.81. The monoisotopic (exact) mass is 409 g/mol. The summed E-state index contributed by atoms with van der Waals surface area (Å²) in [6.07, 6.45) is 4.47. The minimum atomic E-state index is 0.0154. The third kappa shape index (κ3) is 3.28. The minimum absolute atomic E-state index is 0.0154. The molecule has 4 heterocycles. The molecule has 1 saturated heterocycles. The van der Waals surface area contributed by atoms with Crippen LogP contribution in [0, 0.1) is 6.92 Å². The van der Waals surface area contributed by atoms with Crippen molar-refractivity contribution < 1.29 is 9.53 Å². The number of ether oxygens (including phenoxy) is 1. The van der Waals surface area contributed by atoms with E-state index >= 15 is 0 Å². The molecule has 2 aliphatic heterocycles. The molecule has 0 bridgehead atoms. The summed E-state index contributed by atoms with van der Waals surface area (Å²) < 4.78 is 7.37. The van der Waals surface area contributed by atoms with Crippen LogP contribution in [0.5, 0.6) is 0 Å². The highest BCUT2D eigenvalue weighted by Gasteiger charge is 2.28. The van der Waals surface area contributed by atoms with Crippen LogP contribution in [0.4, 0.5) is 0 Å². The van der Waals surface area contributed by atoms with Gasteiger partial charge >= 0.3 is 0 Å². The van der Waals surface area contributed by atoms with E-state index in [1.807, 2.05) is 36.1 Å². The predicted octanol–water partition coefficient (Wildman–Crippen LogP) is 3.14. The summed E-state index contributed by atoms with van der Waals surface area (Å²) in [7, 11) is 0. The number of nitrogens with zero attached hydrogens (tertiary/aromatic N) is 3. The van der Waals surface area contributed by atoms with Crippen LogP contribution in [0.3, 0.4) is 0 Å². The maximum Gasteiger partial charge on any atom is 0.262 e. The van der Waals surface area contributed by atoms with Crippen molar-refractivity contribution in [3.8, 4) is 0 Å². The molecular formula is C22H23N3O3S. The highest BCUT2D eigenvalue weighted by Crippen LogP contribution is 2.33. The van der Waals surface area contributed by atoms with Crippen molar-refractivity contribution >= 4 is 27.5 Å². The topological polar surface area (TPSA) is 64.4 Å². The number of carbonyl (C=O) groups excluding carboxylic acids is 1. The molecule has 5 rings (SSSR count). The summed E-state index contributed by atoms with van der Waals surface area (Å²) in [5, 5.41) is 0.730. The van der Waals surface area contributed by atoms with Gasteiger partial charge in [-0.25, -0.2) is 4.98 Å². The Bertz CT molecular complexity index is 1140. The highest BCUT2D eigenvalue weighted by atomic mass is 32.1. The Morgan fingerprint density at radius 2 is 2.21 bits per heavy atom. The van der Waals surface area contributed by atoms with Crippen molar-refractivity contribution in [2.75, 3.05) is 13.2 Å². The van der Waals surface area contributed by atoms with E-state index in [0.29, 0.717) is 26.1 Å². The predicted molar refractivity (Wildman–Crippen MR) is 112 cm³/mol. The van der Waals surface area contributed by atoms with E-state index in [9.17, 15) is 9.59 Å². The number of aromatic nitrogens is 2. The normalized spacial score (nSPS) is 18.9. The maximum absolute atomic E-state index is 13.1. The Morgan fingerprint density at radius 3 is 3.00 bits per heavy atom. The Kier molecular flexibility index (Phi) is 4.72. The molecule has 7 heteroatoms. The van der Waals surface area contributed by atoms with E-state index in [2.05, 4.69) is 4.98 Å². The van der Waals surface area contributed by atoms with Crippen LogP contribution < -0.4 is 5.56 Å². The smallest absolute Gasteiger partial charge is 0.262 e. The molecule has 1 aromatic carbocycles. The number of amides is 1. The maximum atomic E-state index is 13.1. The molecule has 0 saturated carbocycles. The van der Waals surface area contributed by atoms with E-state index in [-0.39, 0.29) is 17.6 Å². The van der Waals surface area contributed by atoms with Crippen molar-refractivity contribution in [2.45, 2.75) is 45.4 Å². The number of fused-ring (bicyclic) bond motifs is 3. The largest absolute Gasteiger partial charge is 0.376 e. The van der Waals surface area contributed by atoms with Gasteiger partial charge in [-0.15, -0.1) is 11.3 Å². The molecule has 0 radical (unpaired) electrons. The second-order valence-corrected chi connectivity index (χ2v) is 8.90.